The first kappa shape index (κ1) is 12.5. The third-order valence-corrected chi connectivity index (χ3v) is 3.90. The van der Waals surface area contributed by atoms with Gasteiger partial charge >= 0.3 is 0 Å². The molecule has 1 saturated heterocycles. The Balaban J connectivity index is 1.80. The fraction of sp³-hybridized carbons (Fsp3) is 0.533. The quantitative estimate of drug-likeness (QED) is 0.888. The lowest BCUT2D eigenvalue weighted by atomic mass is 9.89. The molecular weight excluding hydrogens is 242 g/mol. The van der Waals surface area contributed by atoms with E-state index < -0.39 is 5.72 Å². The highest BCUT2D eigenvalue weighted by molar-refractivity contribution is 5.83. The predicted octanol–water partition coefficient (Wildman–Crippen LogP) is 2.24. The molecule has 1 spiro atoms. The minimum absolute atomic E-state index is 0.0384. The molecule has 1 aliphatic heterocycles. The average Bonchev–Trinajstić information content (AvgIpc) is 2.70. The van der Waals surface area contributed by atoms with Crippen LogP contribution in [0.5, 0.6) is 5.75 Å². The van der Waals surface area contributed by atoms with Crippen molar-refractivity contribution in [3.63, 3.8) is 0 Å². The first-order valence-corrected chi connectivity index (χ1v) is 6.91. The second kappa shape index (κ2) is 4.85. The third kappa shape index (κ3) is 2.32. The van der Waals surface area contributed by atoms with E-state index in [1.807, 2.05) is 30.3 Å². The second-order valence-corrected chi connectivity index (χ2v) is 5.30. The molecule has 1 heterocycles. The summed E-state index contributed by atoms with van der Waals surface area (Å²) in [5.74, 6) is 0.787. The topological polar surface area (TPSA) is 47.6 Å². The van der Waals surface area contributed by atoms with Gasteiger partial charge in [-0.3, -0.25) is 4.79 Å². The minimum Gasteiger partial charge on any atom is -0.485 e. The molecular formula is C15H19NO3. The SMILES string of the molecule is CC1OC2(CCCCC2Oc2ccccc2)NC1=O. The van der Waals surface area contributed by atoms with Crippen LogP contribution in [0.1, 0.15) is 32.6 Å². The number of ether oxygens (including phenoxy) is 2. The number of hydrogen-bond acceptors (Lipinski definition) is 3. The number of rotatable bonds is 2. The Morgan fingerprint density at radius 2 is 2.11 bits per heavy atom. The maximum atomic E-state index is 11.8. The van der Waals surface area contributed by atoms with E-state index in [4.69, 9.17) is 9.47 Å². The standard InChI is InChI=1S/C15H19NO3/c1-11-14(17)16-15(19-11)10-6-5-9-13(15)18-12-7-3-2-4-8-12/h2-4,7-8,11,13H,5-6,9-10H2,1H3,(H,16,17). The highest BCUT2D eigenvalue weighted by Crippen LogP contribution is 2.36. The van der Waals surface area contributed by atoms with Gasteiger partial charge in [-0.1, -0.05) is 18.2 Å². The van der Waals surface area contributed by atoms with Gasteiger partial charge in [0, 0.05) is 0 Å². The Morgan fingerprint density at radius 3 is 2.79 bits per heavy atom. The van der Waals surface area contributed by atoms with E-state index in [0.29, 0.717) is 0 Å². The molecule has 1 N–H and O–H groups in total. The Morgan fingerprint density at radius 1 is 1.32 bits per heavy atom. The van der Waals surface area contributed by atoms with E-state index >= 15 is 0 Å². The Labute approximate surface area is 113 Å². The van der Waals surface area contributed by atoms with Gasteiger partial charge in [0.05, 0.1) is 0 Å². The maximum Gasteiger partial charge on any atom is 0.251 e. The summed E-state index contributed by atoms with van der Waals surface area (Å²) in [6.07, 6.45) is 3.38. The molecule has 2 fully saturated rings. The van der Waals surface area contributed by atoms with Gasteiger partial charge in [-0.15, -0.1) is 0 Å². The lowest BCUT2D eigenvalue weighted by Crippen LogP contribution is -2.56. The number of carbonyl (C=O) groups excluding carboxylic acids is 1. The number of para-hydroxylation sites is 1. The monoisotopic (exact) mass is 261 g/mol. The molecule has 3 atom stereocenters. The van der Waals surface area contributed by atoms with Gasteiger partial charge < -0.3 is 14.8 Å². The molecule has 0 aromatic heterocycles. The fourth-order valence-corrected chi connectivity index (χ4v) is 2.92. The summed E-state index contributed by atoms with van der Waals surface area (Å²) in [6, 6.07) is 9.72. The van der Waals surface area contributed by atoms with E-state index in [-0.39, 0.29) is 18.1 Å². The summed E-state index contributed by atoms with van der Waals surface area (Å²) in [5, 5.41) is 3.00. The lowest BCUT2D eigenvalue weighted by molar-refractivity contribution is -0.134. The zero-order chi connectivity index (χ0) is 13.3. The van der Waals surface area contributed by atoms with E-state index in [2.05, 4.69) is 5.32 Å². The van der Waals surface area contributed by atoms with Crippen LogP contribution in [0.15, 0.2) is 30.3 Å². The van der Waals surface area contributed by atoms with Crippen LogP contribution in [-0.2, 0) is 9.53 Å². The van der Waals surface area contributed by atoms with Crippen molar-refractivity contribution in [2.75, 3.05) is 0 Å². The van der Waals surface area contributed by atoms with E-state index in [0.717, 1.165) is 31.4 Å². The number of carbonyl (C=O) groups is 1. The zero-order valence-electron chi connectivity index (χ0n) is 11.1. The second-order valence-electron chi connectivity index (χ2n) is 5.30. The van der Waals surface area contributed by atoms with E-state index in [1.54, 1.807) is 6.92 Å². The smallest absolute Gasteiger partial charge is 0.251 e. The Kier molecular flexibility index (Phi) is 3.19. The van der Waals surface area contributed by atoms with Crippen LogP contribution in [0.4, 0.5) is 0 Å². The van der Waals surface area contributed by atoms with Crippen molar-refractivity contribution < 1.29 is 14.3 Å². The molecule has 19 heavy (non-hydrogen) atoms. The van der Waals surface area contributed by atoms with Gasteiger partial charge in [0.1, 0.15) is 18.0 Å². The molecule has 4 nitrogen and oxygen atoms in total. The van der Waals surface area contributed by atoms with Crippen molar-refractivity contribution in [3.8, 4) is 5.75 Å². The molecule has 4 heteroatoms. The van der Waals surface area contributed by atoms with Crippen LogP contribution in [0, 0.1) is 0 Å². The van der Waals surface area contributed by atoms with Crippen LogP contribution >= 0.6 is 0 Å². The number of nitrogens with one attached hydrogen (secondary N) is 1. The molecule has 3 unspecified atom stereocenters. The number of amides is 1. The zero-order valence-corrected chi connectivity index (χ0v) is 11.1. The van der Waals surface area contributed by atoms with Crippen molar-refractivity contribution >= 4 is 5.91 Å². The summed E-state index contributed by atoms with van der Waals surface area (Å²) >= 11 is 0. The van der Waals surface area contributed by atoms with Gasteiger partial charge in [0.15, 0.2) is 5.72 Å². The summed E-state index contributed by atoms with van der Waals surface area (Å²) < 4.78 is 12.0. The van der Waals surface area contributed by atoms with Gasteiger partial charge in [0.25, 0.3) is 5.91 Å². The summed E-state index contributed by atoms with van der Waals surface area (Å²) in [6.45, 7) is 1.79. The Bertz CT molecular complexity index is 462. The van der Waals surface area contributed by atoms with Gasteiger partial charge in [-0.25, -0.2) is 0 Å². The van der Waals surface area contributed by atoms with Crippen molar-refractivity contribution in [1.29, 1.82) is 0 Å². The van der Waals surface area contributed by atoms with E-state index in [9.17, 15) is 4.79 Å². The molecule has 2 aliphatic rings. The summed E-state index contributed by atoms with van der Waals surface area (Å²) in [5.41, 5.74) is -0.634. The van der Waals surface area contributed by atoms with Crippen molar-refractivity contribution in [2.45, 2.75) is 50.5 Å². The lowest BCUT2D eigenvalue weighted by Gasteiger charge is -2.39. The molecule has 1 aliphatic carbocycles. The fourth-order valence-electron chi connectivity index (χ4n) is 2.92. The molecule has 0 radical (unpaired) electrons. The van der Waals surface area contributed by atoms with Gasteiger partial charge in [-0.2, -0.15) is 0 Å². The highest BCUT2D eigenvalue weighted by Gasteiger charge is 2.51. The summed E-state index contributed by atoms with van der Waals surface area (Å²) in [7, 11) is 0. The first-order chi connectivity index (χ1) is 9.20. The molecule has 1 aromatic carbocycles. The van der Waals surface area contributed by atoms with Crippen LogP contribution in [0.25, 0.3) is 0 Å². The van der Waals surface area contributed by atoms with Crippen LogP contribution < -0.4 is 10.1 Å². The van der Waals surface area contributed by atoms with Crippen LogP contribution in [-0.4, -0.2) is 23.8 Å². The summed E-state index contributed by atoms with van der Waals surface area (Å²) in [4.78, 5) is 11.8. The average molecular weight is 261 g/mol. The highest BCUT2D eigenvalue weighted by atomic mass is 16.6. The molecule has 1 saturated carbocycles. The molecule has 1 aromatic rings. The Hall–Kier alpha value is -1.55. The minimum atomic E-state index is -0.634. The van der Waals surface area contributed by atoms with Gasteiger partial charge in [0.2, 0.25) is 0 Å². The largest absolute Gasteiger partial charge is 0.485 e. The maximum absolute atomic E-state index is 11.8. The van der Waals surface area contributed by atoms with Crippen LogP contribution in [0.3, 0.4) is 0 Å². The normalized spacial score (nSPS) is 34.3. The molecule has 102 valence electrons. The van der Waals surface area contributed by atoms with Crippen molar-refractivity contribution in [1.82, 2.24) is 5.32 Å². The van der Waals surface area contributed by atoms with E-state index in [1.165, 1.54) is 0 Å². The number of benzene rings is 1. The number of hydrogen-bond donors (Lipinski definition) is 1. The van der Waals surface area contributed by atoms with Crippen molar-refractivity contribution in [3.05, 3.63) is 30.3 Å². The first-order valence-electron chi connectivity index (χ1n) is 6.91. The predicted molar refractivity (Wildman–Crippen MR) is 70.7 cm³/mol. The molecule has 1 amide bonds. The third-order valence-electron chi connectivity index (χ3n) is 3.90. The van der Waals surface area contributed by atoms with Gasteiger partial charge in [-0.05, 0) is 44.7 Å². The van der Waals surface area contributed by atoms with Crippen LogP contribution in [0.2, 0.25) is 0 Å². The molecule has 0 bridgehead atoms. The van der Waals surface area contributed by atoms with Crippen molar-refractivity contribution in [2.24, 2.45) is 0 Å². The molecule has 3 rings (SSSR count).